The first kappa shape index (κ1) is 23.6. The normalized spacial score (nSPS) is 19.5. The average Bonchev–Trinajstić information content (AvgIpc) is 3.39. The number of aromatic amines is 1. The fourth-order valence-electron chi connectivity index (χ4n) is 5.15. The van der Waals surface area contributed by atoms with Gasteiger partial charge in [-0.25, -0.2) is 0 Å². The maximum atomic E-state index is 13.4. The van der Waals surface area contributed by atoms with Crippen molar-refractivity contribution in [3.63, 3.8) is 0 Å². The largest absolute Gasteiger partial charge is 0.493 e. The Morgan fingerprint density at radius 2 is 1.97 bits per heavy atom. The summed E-state index contributed by atoms with van der Waals surface area (Å²) in [5.74, 6) is 1.31. The zero-order valence-electron chi connectivity index (χ0n) is 20.3. The van der Waals surface area contributed by atoms with Crippen molar-refractivity contribution >= 4 is 28.2 Å². The first-order chi connectivity index (χ1) is 17.0. The monoisotopic (exact) mass is 493 g/mol. The number of nitrogens with one attached hydrogen (secondary N) is 2. The summed E-state index contributed by atoms with van der Waals surface area (Å²) in [4.78, 5) is 18.6. The third kappa shape index (κ3) is 4.60. The number of rotatable bonds is 5. The van der Waals surface area contributed by atoms with Crippen molar-refractivity contribution in [2.24, 2.45) is 0 Å². The maximum Gasteiger partial charge on any atom is 0.254 e. The van der Waals surface area contributed by atoms with Crippen LogP contribution in [-0.4, -0.2) is 55.0 Å². The van der Waals surface area contributed by atoms with Gasteiger partial charge in [0.2, 0.25) is 0 Å². The van der Waals surface area contributed by atoms with Crippen molar-refractivity contribution in [1.82, 2.24) is 15.2 Å². The van der Waals surface area contributed by atoms with Crippen LogP contribution in [0.25, 0.3) is 10.9 Å². The third-order valence-corrected chi connectivity index (χ3v) is 7.34. The zero-order chi connectivity index (χ0) is 24.5. The predicted octanol–water partition coefficient (Wildman–Crippen LogP) is 3.85. The van der Waals surface area contributed by atoms with Gasteiger partial charge in [0.25, 0.3) is 5.56 Å². The van der Waals surface area contributed by atoms with Gasteiger partial charge in [0.15, 0.2) is 16.6 Å². The number of pyridine rings is 1. The van der Waals surface area contributed by atoms with E-state index in [1.807, 2.05) is 37.3 Å². The van der Waals surface area contributed by atoms with Crippen LogP contribution in [0.2, 0.25) is 0 Å². The van der Waals surface area contributed by atoms with E-state index in [-0.39, 0.29) is 17.7 Å². The molecule has 3 aromatic rings. The Morgan fingerprint density at radius 1 is 1.17 bits per heavy atom. The van der Waals surface area contributed by atoms with Crippen molar-refractivity contribution in [1.29, 1.82) is 0 Å². The van der Waals surface area contributed by atoms with Gasteiger partial charge in [0.1, 0.15) is 0 Å². The Hall–Kier alpha value is -3.10. The van der Waals surface area contributed by atoms with E-state index < -0.39 is 0 Å². The molecule has 35 heavy (non-hydrogen) atoms. The van der Waals surface area contributed by atoms with Gasteiger partial charge in [0, 0.05) is 30.8 Å². The molecule has 2 atom stereocenters. The van der Waals surface area contributed by atoms with Crippen molar-refractivity contribution in [2.75, 3.05) is 33.9 Å². The summed E-state index contributed by atoms with van der Waals surface area (Å²) in [5, 5.41) is 5.02. The van der Waals surface area contributed by atoms with E-state index in [9.17, 15) is 4.79 Å². The second-order valence-electron chi connectivity index (χ2n) is 9.22. The van der Waals surface area contributed by atoms with E-state index in [4.69, 9.17) is 26.4 Å². The lowest BCUT2D eigenvalue weighted by Crippen LogP contribution is -2.48. The van der Waals surface area contributed by atoms with Gasteiger partial charge >= 0.3 is 0 Å². The molecule has 2 aromatic carbocycles. The topological polar surface area (TPSA) is 75.8 Å². The van der Waals surface area contributed by atoms with Gasteiger partial charge in [-0.1, -0.05) is 11.6 Å². The standard InChI is InChI=1S/C27H31N3O4S/c1-16-6-7-22-18(11-16)12-21(26(31)29-22)25-20-14-24(33-3)23(32-2)13-17(20)8-9-30(25)27(35)28-15-19-5-4-10-34-19/h6-7,11-14,19,25H,4-5,8-10,15H2,1-3H3,(H,28,35)(H,29,31). The highest BCUT2D eigenvalue weighted by molar-refractivity contribution is 7.80. The van der Waals surface area contributed by atoms with Gasteiger partial charge in [-0.2, -0.15) is 0 Å². The fraction of sp³-hybridized carbons (Fsp3) is 0.407. The average molecular weight is 494 g/mol. The van der Waals surface area contributed by atoms with E-state index in [0.717, 1.165) is 53.5 Å². The molecule has 2 unspecified atom stereocenters. The minimum Gasteiger partial charge on any atom is -0.493 e. The molecule has 0 saturated carbocycles. The van der Waals surface area contributed by atoms with E-state index in [0.29, 0.717) is 35.3 Å². The summed E-state index contributed by atoms with van der Waals surface area (Å²) in [6.45, 7) is 4.18. The van der Waals surface area contributed by atoms with Gasteiger partial charge in [0.05, 0.1) is 26.4 Å². The number of thiocarbonyl (C=S) groups is 1. The lowest BCUT2D eigenvalue weighted by Gasteiger charge is -2.39. The highest BCUT2D eigenvalue weighted by atomic mass is 32.1. The molecule has 0 aliphatic carbocycles. The quantitative estimate of drug-likeness (QED) is 0.523. The molecule has 3 heterocycles. The van der Waals surface area contributed by atoms with E-state index in [1.54, 1.807) is 14.2 Å². The lowest BCUT2D eigenvalue weighted by atomic mass is 9.88. The van der Waals surface area contributed by atoms with Crippen LogP contribution in [0, 0.1) is 6.92 Å². The van der Waals surface area contributed by atoms with Crippen LogP contribution < -0.4 is 20.3 Å². The second-order valence-corrected chi connectivity index (χ2v) is 9.60. The van der Waals surface area contributed by atoms with Crippen molar-refractivity contribution in [2.45, 2.75) is 38.3 Å². The maximum absolute atomic E-state index is 13.4. The molecule has 184 valence electrons. The second kappa shape index (κ2) is 9.87. The number of methoxy groups -OCH3 is 2. The molecular formula is C27H31N3O4S. The number of H-pyrrole nitrogens is 1. The molecule has 2 N–H and O–H groups in total. The summed E-state index contributed by atoms with van der Waals surface area (Å²) < 4.78 is 16.9. The number of aryl methyl sites for hydroxylation is 1. The number of benzene rings is 2. The molecule has 1 saturated heterocycles. The van der Waals surface area contributed by atoms with E-state index >= 15 is 0 Å². The van der Waals surface area contributed by atoms with Crippen LogP contribution in [0.4, 0.5) is 0 Å². The van der Waals surface area contributed by atoms with Crippen LogP contribution in [-0.2, 0) is 11.2 Å². The number of nitrogens with zero attached hydrogens (tertiary/aromatic N) is 1. The van der Waals surface area contributed by atoms with Gasteiger partial charge in [-0.15, -0.1) is 0 Å². The fourth-order valence-corrected chi connectivity index (χ4v) is 5.43. The molecular weight excluding hydrogens is 462 g/mol. The van der Waals surface area contributed by atoms with Gasteiger partial charge < -0.3 is 29.4 Å². The van der Waals surface area contributed by atoms with Crippen LogP contribution in [0.5, 0.6) is 11.5 Å². The highest BCUT2D eigenvalue weighted by Gasteiger charge is 2.34. The number of aromatic nitrogens is 1. The third-order valence-electron chi connectivity index (χ3n) is 6.96. The summed E-state index contributed by atoms with van der Waals surface area (Å²) in [5.41, 5.74) is 4.59. The Balaban J connectivity index is 1.60. The summed E-state index contributed by atoms with van der Waals surface area (Å²) in [6.07, 6.45) is 3.05. The molecule has 8 heteroatoms. The molecule has 1 fully saturated rings. The van der Waals surface area contributed by atoms with E-state index in [2.05, 4.69) is 21.3 Å². The van der Waals surface area contributed by atoms with Crippen molar-refractivity contribution in [3.8, 4) is 11.5 Å². The lowest BCUT2D eigenvalue weighted by molar-refractivity contribution is 0.113. The molecule has 2 aliphatic heterocycles. The summed E-state index contributed by atoms with van der Waals surface area (Å²) in [6, 6.07) is 11.7. The summed E-state index contributed by atoms with van der Waals surface area (Å²) in [7, 11) is 3.26. The first-order valence-corrected chi connectivity index (χ1v) is 12.4. The van der Waals surface area contributed by atoms with Crippen LogP contribution in [0.15, 0.2) is 41.2 Å². The molecule has 0 radical (unpaired) electrons. The molecule has 0 spiro atoms. The molecule has 0 bridgehead atoms. The van der Waals surface area contributed by atoms with Crippen LogP contribution in [0.1, 0.15) is 41.1 Å². The SMILES string of the molecule is COc1cc2c(cc1OC)C(c1cc3cc(C)ccc3[nH]c1=O)N(C(=S)NCC1CCCO1)CC2. The Morgan fingerprint density at radius 3 is 2.71 bits per heavy atom. The molecule has 1 aromatic heterocycles. The number of hydrogen-bond acceptors (Lipinski definition) is 5. The van der Waals surface area contributed by atoms with Gasteiger partial charge in [-0.3, -0.25) is 4.79 Å². The predicted molar refractivity (Wildman–Crippen MR) is 141 cm³/mol. The van der Waals surface area contributed by atoms with Crippen molar-refractivity contribution < 1.29 is 14.2 Å². The smallest absolute Gasteiger partial charge is 0.254 e. The first-order valence-electron chi connectivity index (χ1n) is 12.0. The molecule has 0 amide bonds. The molecule has 5 rings (SSSR count). The zero-order valence-corrected chi connectivity index (χ0v) is 21.2. The minimum atomic E-state index is -0.364. The number of ether oxygens (including phenoxy) is 3. The van der Waals surface area contributed by atoms with Crippen LogP contribution in [0.3, 0.4) is 0 Å². The van der Waals surface area contributed by atoms with E-state index in [1.165, 1.54) is 0 Å². The Bertz CT molecular complexity index is 1320. The Labute approximate surface area is 210 Å². The van der Waals surface area contributed by atoms with Gasteiger partial charge in [-0.05, 0) is 85.2 Å². The highest BCUT2D eigenvalue weighted by Crippen LogP contribution is 2.40. The minimum absolute atomic E-state index is 0.124. The number of fused-ring (bicyclic) bond motifs is 2. The Kier molecular flexibility index (Phi) is 6.67. The summed E-state index contributed by atoms with van der Waals surface area (Å²) >= 11 is 5.88. The van der Waals surface area contributed by atoms with Crippen molar-refractivity contribution in [3.05, 3.63) is 69.0 Å². The van der Waals surface area contributed by atoms with Crippen LogP contribution >= 0.6 is 12.2 Å². The molecule has 7 nitrogen and oxygen atoms in total. The number of hydrogen-bond donors (Lipinski definition) is 2. The molecule has 2 aliphatic rings.